The van der Waals surface area contributed by atoms with Crippen LogP contribution in [0, 0.1) is 0 Å². The summed E-state index contributed by atoms with van der Waals surface area (Å²) in [5.41, 5.74) is 0.0124. The molecule has 0 heterocycles. The first-order valence-corrected chi connectivity index (χ1v) is 9.83. The normalized spacial score (nSPS) is 11.4. The number of ether oxygens (including phenoxy) is 1. The van der Waals surface area contributed by atoms with Crippen LogP contribution in [-0.2, 0) is 19.6 Å². The monoisotopic (exact) mass is 390 g/mol. The number of hydrogen-bond acceptors (Lipinski definition) is 5. The molecule has 0 aliphatic rings. The maximum absolute atomic E-state index is 12.6. The van der Waals surface area contributed by atoms with Gasteiger partial charge in [-0.3, -0.25) is 4.79 Å². The third-order valence-corrected chi connectivity index (χ3v) is 5.93. The predicted octanol–water partition coefficient (Wildman–Crippen LogP) is 2.05. The van der Waals surface area contributed by atoms with Crippen molar-refractivity contribution in [2.45, 2.75) is 32.1 Å². The highest BCUT2D eigenvalue weighted by Gasteiger charge is 2.26. The molecule has 1 aromatic carbocycles. The molecule has 7 nitrogen and oxygen atoms in total. The first-order chi connectivity index (χ1) is 11.8. The fourth-order valence-electron chi connectivity index (χ4n) is 2.06. The SMILES string of the molecule is CCCNC(=O)COC(=O)c1ccc(Cl)c(S(=O)(=O)N(CC)CC)c1. The van der Waals surface area contributed by atoms with Crippen LogP contribution in [0.1, 0.15) is 37.6 Å². The largest absolute Gasteiger partial charge is 0.452 e. The average molecular weight is 391 g/mol. The Morgan fingerprint density at radius 1 is 1.20 bits per heavy atom. The molecule has 0 atom stereocenters. The van der Waals surface area contributed by atoms with Crippen LogP contribution in [0.2, 0.25) is 5.02 Å². The molecule has 1 N–H and O–H groups in total. The highest BCUT2D eigenvalue weighted by atomic mass is 35.5. The van der Waals surface area contributed by atoms with E-state index >= 15 is 0 Å². The molecule has 0 aliphatic heterocycles. The number of carbonyl (C=O) groups excluding carboxylic acids is 2. The van der Waals surface area contributed by atoms with Crippen molar-refractivity contribution < 1.29 is 22.7 Å². The highest BCUT2D eigenvalue weighted by Crippen LogP contribution is 2.26. The van der Waals surface area contributed by atoms with Gasteiger partial charge in [-0.2, -0.15) is 4.31 Å². The van der Waals surface area contributed by atoms with E-state index in [9.17, 15) is 18.0 Å². The quantitative estimate of drug-likeness (QED) is 0.651. The molecule has 0 saturated carbocycles. The molecule has 1 aromatic rings. The van der Waals surface area contributed by atoms with Crippen LogP contribution >= 0.6 is 11.6 Å². The molecule has 0 fully saturated rings. The van der Waals surface area contributed by atoms with E-state index in [1.807, 2.05) is 6.92 Å². The summed E-state index contributed by atoms with van der Waals surface area (Å²) in [4.78, 5) is 23.4. The second kappa shape index (κ2) is 9.74. The van der Waals surface area contributed by atoms with Crippen LogP contribution in [0.25, 0.3) is 0 Å². The van der Waals surface area contributed by atoms with Crippen LogP contribution in [-0.4, -0.2) is 50.8 Å². The van der Waals surface area contributed by atoms with Crippen molar-refractivity contribution >= 4 is 33.5 Å². The van der Waals surface area contributed by atoms with Gasteiger partial charge in [-0.15, -0.1) is 0 Å². The van der Waals surface area contributed by atoms with E-state index in [4.69, 9.17) is 16.3 Å². The zero-order chi connectivity index (χ0) is 19.0. The number of sulfonamides is 1. The molecular formula is C16H23ClN2O5S. The zero-order valence-corrected chi connectivity index (χ0v) is 16.1. The van der Waals surface area contributed by atoms with E-state index in [0.29, 0.717) is 6.54 Å². The van der Waals surface area contributed by atoms with Gasteiger partial charge < -0.3 is 10.1 Å². The van der Waals surface area contributed by atoms with Crippen LogP contribution in [0.15, 0.2) is 23.1 Å². The Morgan fingerprint density at radius 3 is 2.40 bits per heavy atom. The van der Waals surface area contributed by atoms with E-state index in [1.165, 1.54) is 22.5 Å². The molecule has 9 heteroatoms. The maximum atomic E-state index is 12.6. The standard InChI is InChI=1S/C16H23ClN2O5S/c1-4-9-18-15(20)11-24-16(21)12-7-8-13(17)14(10-12)25(22,23)19(5-2)6-3/h7-8,10H,4-6,9,11H2,1-3H3,(H,18,20). The minimum atomic E-state index is -3.82. The number of halogens is 1. The molecule has 0 radical (unpaired) electrons. The molecule has 1 amide bonds. The van der Waals surface area contributed by atoms with Crippen LogP contribution < -0.4 is 5.32 Å². The number of carbonyl (C=O) groups is 2. The molecule has 0 bridgehead atoms. The summed E-state index contributed by atoms with van der Waals surface area (Å²) in [6.07, 6.45) is 0.767. The van der Waals surface area contributed by atoms with Crippen molar-refractivity contribution in [3.05, 3.63) is 28.8 Å². The average Bonchev–Trinajstić information content (AvgIpc) is 2.58. The summed E-state index contributed by atoms with van der Waals surface area (Å²) in [5.74, 6) is -1.21. The molecule has 0 saturated heterocycles. The summed E-state index contributed by atoms with van der Waals surface area (Å²) < 4.78 is 31.3. The Morgan fingerprint density at radius 2 is 1.84 bits per heavy atom. The lowest BCUT2D eigenvalue weighted by atomic mass is 10.2. The van der Waals surface area contributed by atoms with Gasteiger partial charge in [-0.1, -0.05) is 32.4 Å². The fourth-order valence-corrected chi connectivity index (χ4v) is 4.02. The molecule has 0 aromatic heterocycles. The number of esters is 1. The number of benzene rings is 1. The lowest BCUT2D eigenvalue weighted by Gasteiger charge is -2.19. The number of nitrogens with zero attached hydrogens (tertiary/aromatic N) is 1. The number of rotatable bonds is 9. The fraction of sp³-hybridized carbons (Fsp3) is 0.500. The Kier molecular flexibility index (Phi) is 8.34. The molecular weight excluding hydrogens is 368 g/mol. The highest BCUT2D eigenvalue weighted by molar-refractivity contribution is 7.89. The van der Waals surface area contributed by atoms with Crippen molar-refractivity contribution in [2.24, 2.45) is 0 Å². The third-order valence-electron chi connectivity index (χ3n) is 3.40. The number of hydrogen-bond donors (Lipinski definition) is 1. The maximum Gasteiger partial charge on any atom is 0.338 e. The van der Waals surface area contributed by atoms with E-state index in [2.05, 4.69) is 5.32 Å². The third kappa shape index (κ3) is 5.69. The second-order valence-corrected chi connectivity index (χ2v) is 7.47. The van der Waals surface area contributed by atoms with Crippen LogP contribution in [0.4, 0.5) is 0 Å². The molecule has 0 aliphatic carbocycles. The first kappa shape index (κ1) is 21.4. The van der Waals surface area contributed by atoms with Crippen molar-refractivity contribution in [1.82, 2.24) is 9.62 Å². The van der Waals surface area contributed by atoms with Crippen molar-refractivity contribution in [1.29, 1.82) is 0 Å². The smallest absolute Gasteiger partial charge is 0.338 e. The van der Waals surface area contributed by atoms with Gasteiger partial charge in [0, 0.05) is 19.6 Å². The predicted molar refractivity (Wildman–Crippen MR) is 95.1 cm³/mol. The van der Waals surface area contributed by atoms with Gasteiger partial charge in [0.1, 0.15) is 4.90 Å². The second-order valence-electron chi connectivity index (χ2n) is 5.16. The summed E-state index contributed by atoms with van der Waals surface area (Å²) in [6.45, 7) is 5.94. The lowest BCUT2D eigenvalue weighted by Crippen LogP contribution is -2.31. The van der Waals surface area contributed by atoms with E-state index in [-0.39, 0.29) is 28.6 Å². The zero-order valence-electron chi connectivity index (χ0n) is 14.5. The van der Waals surface area contributed by atoms with Crippen molar-refractivity contribution in [3.63, 3.8) is 0 Å². The van der Waals surface area contributed by atoms with Gasteiger partial charge in [0.15, 0.2) is 6.61 Å². The Hall–Kier alpha value is -1.64. The van der Waals surface area contributed by atoms with E-state index < -0.39 is 28.5 Å². The first-order valence-electron chi connectivity index (χ1n) is 8.01. The van der Waals surface area contributed by atoms with Gasteiger partial charge in [0.25, 0.3) is 5.91 Å². The summed E-state index contributed by atoms with van der Waals surface area (Å²) in [6, 6.07) is 3.85. The van der Waals surface area contributed by atoms with Crippen molar-refractivity contribution in [2.75, 3.05) is 26.2 Å². The van der Waals surface area contributed by atoms with Crippen LogP contribution in [0.3, 0.4) is 0 Å². The minimum Gasteiger partial charge on any atom is -0.452 e. The molecule has 25 heavy (non-hydrogen) atoms. The van der Waals surface area contributed by atoms with Gasteiger partial charge >= 0.3 is 5.97 Å². The van der Waals surface area contributed by atoms with Gasteiger partial charge in [0.2, 0.25) is 10.0 Å². The Labute approximate surface area is 153 Å². The Balaban J connectivity index is 2.97. The van der Waals surface area contributed by atoms with Crippen LogP contribution in [0.5, 0.6) is 0 Å². The lowest BCUT2D eigenvalue weighted by molar-refractivity contribution is -0.124. The number of nitrogens with one attached hydrogen (secondary N) is 1. The topological polar surface area (TPSA) is 92.8 Å². The molecule has 0 unspecified atom stereocenters. The van der Waals surface area contributed by atoms with Crippen molar-refractivity contribution in [3.8, 4) is 0 Å². The summed E-state index contributed by atoms with van der Waals surface area (Å²) in [5, 5.41) is 2.59. The van der Waals surface area contributed by atoms with Gasteiger partial charge in [-0.05, 0) is 24.6 Å². The molecule has 1 rings (SSSR count). The van der Waals surface area contributed by atoms with E-state index in [0.717, 1.165) is 6.42 Å². The molecule has 140 valence electrons. The van der Waals surface area contributed by atoms with Gasteiger partial charge in [0.05, 0.1) is 10.6 Å². The van der Waals surface area contributed by atoms with E-state index in [1.54, 1.807) is 13.8 Å². The minimum absolute atomic E-state index is 0.0124. The Bertz CT molecular complexity index is 717. The summed E-state index contributed by atoms with van der Waals surface area (Å²) >= 11 is 6.01. The summed E-state index contributed by atoms with van der Waals surface area (Å²) in [7, 11) is -3.82. The van der Waals surface area contributed by atoms with Gasteiger partial charge in [-0.25, -0.2) is 13.2 Å². The number of amides is 1. The molecule has 0 spiro atoms.